The topological polar surface area (TPSA) is 112 Å². The van der Waals surface area contributed by atoms with Crippen molar-refractivity contribution in [1.82, 2.24) is 0 Å². The zero-order valence-corrected chi connectivity index (χ0v) is 17.9. The number of hydrogen-bond acceptors (Lipinski definition) is 3. The van der Waals surface area contributed by atoms with Gasteiger partial charge in [-0.25, -0.2) is 14.4 Å². The first-order chi connectivity index (χ1) is 12.9. The average Bonchev–Trinajstić information content (AvgIpc) is 2.71. The standard InChI is InChI=1S/3C7H6O2.Nd/c3*8-7(9)6-4-2-1-3-5-6;/h3*1-5H,(H,8,9);. The molecule has 3 N–H and O–H groups in total. The van der Waals surface area contributed by atoms with Crippen LogP contribution in [-0.2, 0) is 0 Å². The molecule has 0 saturated carbocycles. The summed E-state index contributed by atoms with van der Waals surface area (Å²) in [5.41, 5.74) is 0.993. The van der Waals surface area contributed by atoms with Gasteiger partial charge in [0.15, 0.2) is 0 Å². The molecule has 0 unspecified atom stereocenters. The quantitative estimate of drug-likeness (QED) is 0.488. The first-order valence-electron chi connectivity index (χ1n) is 7.77. The minimum Gasteiger partial charge on any atom is -0.478 e. The number of hydrogen-bond donors (Lipinski definition) is 3. The molecule has 0 atom stereocenters. The number of carbonyl (C=O) groups is 3. The zero-order chi connectivity index (χ0) is 20.1. The van der Waals surface area contributed by atoms with Gasteiger partial charge in [-0.15, -0.1) is 0 Å². The SMILES string of the molecule is O=C(O)c1ccccc1.O=C(O)c1ccccc1.O=C(O)c1ccccc1.[Nd]. The Morgan fingerprint density at radius 3 is 0.714 bits per heavy atom. The smallest absolute Gasteiger partial charge is 0.335 e. The molecule has 0 aliphatic rings. The molecule has 3 rings (SSSR count). The van der Waals surface area contributed by atoms with Crippen molar-refractivity contribution in [3.05, 3.63) is 108 Å². The van der Waals surface area contributed by atoms with E-state index in [0.29, 0.717) is 16.7 Å². The third-order valence-corrected chi connectivity index (χ3v) is 3.06. The molecule has 3 aromatic carbocycles. The number of aromatic carboxylic acids is 3. The van der Waals surface area contributed by atoms with E-state index in [1.165, 1.54) is 0 Å². The van der Waals surface area contributed by atoms with E-state index in [1.54, 1.807) is 91.0 Å². The molecule has 142 valence electrons. The van der Waals surface area contributed by atoms with Gasteiger partial charge in [0.05, 0.1) is 16.7 Å². The van der Waals surface area contributed by atoms with E-state index >= 15 is 0 Å². The van der Waals surface area contributed by atoms with Crippen molar-refractivity contribution in [2.45, 2.75) is 0 Å². The van der Waals surface area contributed by atoms with Gasteiger partial charge in [0.25, 0.3) is 0 Å². The fraction of sp³-hybridized carbons (Fsp3) is 0. The van der Waals surface area contributed by atoms with Gasteiger partial charge in [-0.2, -0.15) is 0 Å². The third kappa shape index (κ3) is 10.5. The second kappa shape index (κ2) is 14.5. The molecule has 0 amide bonds. The maximum absolute atomic E-state index is 10.2. The minimum absolute atomic E-state index is 0. The van der Waals surface area contributed by atoms with Crippen LogP contribution in [0.2, 0.25) is 0 Å². The maximum Gasteiger partial charge on any atom is 0.335 e. The average molecular weight is 511 g/mol. The van der Waals surface area contributed by atoms with Crippen molar-refractivity contribution >= 4 is 17.9 Å². The van der Waals surface area contributed by atoms with Gasteiger partial charge >= 0.3 is 17.9 Å². The molecule has 0 aromatic heterocycles. The Morgan fingerprint density at radius 1 is 0.429 bits per heavy atom. The molecule has 6 nitrogen and oxygen atoms in total. The van der Waals surface area contributed by atoms with Gasteiger partial charge in [-0.3, -0.25) is 0 Å². The summed E-state index contributed by atoms with van der Waals surface area (Å²) < 4.78 is 0. The van der Waals surface area contributed by atoms with Crippen LogP contribution in [-0.4, -0.2) is 33.2 Å². The van der Waals surface area contributed by atoms with E-state index < -0.39 is 17.9 Å². The van der Waals surface area contributed by atoms with Gasteiger partial charge in [-0.05, 0) is 36.4 Å². The number of benzene rings is 3. The zero-order valence-electron chi connectivity index (χ0n) is 14.7. The van der Waals surface area contributed by atoms with Crippen LogP contribution in [0.4, 0.5) is 0 Å². The van der Waals surface area contributed by atoms with Crippen molar-refractivity contribution in [2.75, 3.05) is 0 Å². The van der Waals surface area contributed by atoms with Gasteiger partial charge < -0.3 is 15.3 Å². The predicted molar refractivity (Wildman–Crippen MR) is 100 cm³/mol. The van der Waals surface area contributed by atoms with Crippen LogP contribution in [0.25, 0.3) is 0 Å². The summed E-state index contributed by atoms with van der Waals surface area (Å²) in [4.78, 5) is 30.6. The summed E-state index contributed by atoms with van der Waals surface area (Å²) in [5, 5.41) is 25.2. The van der Waals surface area contributed by atoms with Gasteiger partial charge in [0.2, 0.25) is 0 Å². The van der Waals surface area contributed by atoms with Crippen molar-refractivity contribution in [3.8, 4) is 0 Å². The summed E-state index contributed by atoms with van der Waals surface area (Å²) >= 11 is 0. The number of rotatable bonds is 3. The molecule has 7 heteroatoms. The van der Waals surface area contributed by atoms with E-state index in [9.17, 15) is 14.4 Å². The largest absolute Gasteiger partial charge is 0.478 e. The van der Waals surface area contributed by atoms with Crippen molar-refractivity contribution in [2.24, 2.45) is 0 Å². The van der Waals surface area contributed by atoms with Crippen LogP contribution in [0.15, 0.2) is 91.0 Å². The molecule has 0 aliphatic carbocycles. The second-order valence-corrected chi connectivity index (χ2v) is 5.01. The Kier molecular flexibility index (Phi) is 13.1. The second-order valence-electron chi connectivity index (χ2n) is 5.01. The van der Waals surface area contributed by atoms with Crippen LogP contribution in [0.3, 0.4) is 0 Å². The maximum atomic E-state index is 10.2. The van der Waals surface area contributed by atoms with E-state index in [0.717, 1.165) is 0 Å². The number of carboxylic acid groups (broad SMARTS) is 3. The molecule has 28 heavy (non-hydrogen) atoms. The summed E-state index contributed by atoms with van der Waals surface area (Å²) in [6.45, 7) is 0. The Morgan fingerprint density at radius 2 is 0.607 bits per heavy atom. The summed E-state index contributed by atoms with van der Waals surface area (Å²) in [5.74, 6) is -2.64. The summed E-state index contributed by atoms with van der Waals surface area (Å²) in [7, 11) is 0. The van der Waals surface area contributed by atoms with Crippen molar-refractivity contribution < 1.29 is 70.5 Å². The molecular weight excluding hydrogens is 492 g/mol. The molecule has 0 saturated heterocycles. The fourth-order valence-electron chi connectivity index (χ4n) is 1.74. The monoisotopic (exact) mass is 508 g/mol. The van der Waals surface area contributed by atoms with E-state index in [-0.39, 0.29) is 40.8 Å². The molecule has 0 spiro atoms. The molecule has 0 heterocycles. The molecule has 0 fully saturated rings. The van der Waals surface area contributed by atoms with Gasteiger partial charge in [-0.1, -0.05) is 54.6 Å². The van der Waals surface area contributed by atoms with Crippen molar-refractivity contribution in [3.63, 3.8) is 0 Å². The molecule has 0 aliphatic heterocycles. The van der Waals surface area contributed by atoms with Crippen molar-refractivity contribution in [1.29, 1.82) is 0 Å². The number of carboxylic acids is 3. The van der Waals surface area contributed by atoms with Gasteiger partial charge in [0, 0.05) is 40.8 Å². The van der Waals surface area contributed by atoms with Crippen LogP contribution >= 0.6 is 0 Å². The Bertz CT molecular complexity index is 734. The first-order valence-corrected chi connectivity index (χ1v) is 7.77. The normalized spacial score (nSPS) is 8.57. The van der Waals surface area contributed by atoms with Gasteiger partial charge in [0.1, 0.15) is 0 Å². The Labute approximate surface area is 195 Å². The molecule has 3 aromatic rings. The van der Waals surface area contributed by atoms with E-state index in [2.05, 4.69) is 0 Å². The van der Waals surface area contributed by atoms with E-state index in [4.69, 9.17) is 15.3 Å². The summed E-state index contributed by atoms with van der Waals surface area (Å²) in [6, 6.07) is 24.9. The molecule has 0 radical (unpaired) electrons. The minimum atomic E-state index is -0.879. The Balaban J connectivity index is 0.000000384. The first kappa shape index (κ1) is 25.4. The summed E-state index contributed by atoms with van der Waals surface area (Å²) in [6.07, 6.45) is 0. The predicted octanol–water partition coefficient (Wildman–Crippen LogP) is 4.15. The molecule has 0 bridgehead atoms. The van der Waals surface area contributed by atoms with Crippen LogP contribution < -0.4 is 0 Å². The fourth-order valence-corrected chi connectivity index (χ4v) is 1.74. The molecular formula is C21H18NdO6. The van der Waals surface area contributed by atoms with Crippen LogP contribution in [0.1, 0.15) is 31.1 Å². The van der Waals surface area contributed by atoms with Crippen LogP contribution in [0, 0.1) is 40.8 Å². The third-order valence-electron chi connectivity index (χ3n) is 3.06. The Hall–Kier alpha value is -2.58. The van der Waals surface area contributed by atoms with E-state index in [1.807, 2.05) is 0 Å². The van der Waals surface area contributed by atoms with Crippen LogP contribution in [0.5, 0.6) is 0 Å².